The molecule has 0 atom stereocenters. The number of rotatable bonds is 6. The Morgan fingerprint density at radius 1 is 0.938 bits per heavy atom. The molecule has 0 bridgehead atoms. The molecule has 0 saturated heterocycles. The van der Waals surface area contributed by atoms with Crippen LogP contribution >= 0.6 is 0 Å². The minimum atomic E-state index is -0.354. The van der Waals surface area contributed by atoms with Gasteiger partial charge in [0.2, 0.25) is 11.3 Å². The number of hydrogen-bond donors (Lipinski definition) is 1. The quantitative estimate of drug-likeness (QED) is 0.455. The van der Waals surface area contributed by atoms with Gasteiger partial charge in [-0.15, -0.1) is 0 Å². The Bertz CT molecular complexity index is 1370. The average Bonchev–Trinajstić information content (AvgIpc) is 2.82. The van der Waals surface area contributed by atoms with Crippen molar-refractivity contribution in [1.82, 2.24) is 4.57 Å². The number of pyridine rings is 1. The molecule has 4 rings (SSSR count). The summed E-state index contributed by atoms with van der Waals surface area (Å²) in [5, 5.41) is 3.36. The van der Waals surface area contributed by atoms with E-state index in [2.05, 4.69) is 5.32 Å². The molecule has 0 aliphatic rings. The number of benzene rings is 3. The topological polar surface area (TPSA) is 68.2 Å². The van der Waals surface area contributed by atoms with Gasteiger partial charge in [0.05, 0.1) is 11.1 Å². The number of aromatic nitrogens is 1. The first-order valence-electron chi connectivity index (χ1n) is 10.6. The van der Waals surface area contributed by atoms with E-state index in [9.17, 15) is 14.4 Å². The van der Waals surface area contributed by atoms with E-state index >= 15 is 0 Å². The second kappa shape index (κ2) is 9.02. The van der Waals surface area contributed by atoms with Crippen LogP contribution in [-0.4, -0.2) is 16.3 Å². The van der Waals surface area contributed by atoms with Crippen LogP contribution < -0.4 is 10.7 Å². The lowest BCUT2D eigenvalue weighted by Gasteiger charge is -2.15. The maximum Gasteiger partial charge on any atom is 0.244 e. The molecule has 1 N–H and O–H groups in total. The van der Waals surface area contributed by atoms with Gasteiger partial charge in [0.15, 0.2) is 5.78 Å². The minimum Gasteiger partial charge on any atom is -0.337 e. The lowest BCUT2D eigenvalue weighted by molar-refractivity contribution is -0.116. The highest BCUT2D eigenvalue weighted by molar-refractivity contribution is 6.10. The molecule has 0 spiro atoms. The molecule has 0 aliphatic heterocycles. The average molecular weight is 425 g/mol. The van der Waals surface area contributed by atoms with E-state index in [4.69, 9.17) is 0 Å². The Balaban J connectivity index is 1.79. The number of carbonyl (C=O) groups excluding carboxylic acids is 2. The summed E-state index contributed by atoms with van der Waals surface area (Å²) in [5.74, 6) is -0.589. The predicted octanol–water partition coefficient (Wildman–Crippen LogP) is 4.74. The zero-order valence-electron chi connectivity index (χ0n) is 18.1. The monoisotopic (exact) mass is 424 g/mol. The molecule has 0 fully saturated rings. The summed E-state index contributed by atoms with van der Waals surface area (Å²) in [6, 6.07) is 21.8. The fourth-order valence-electron chi connectivity index (χ4n) is 3.76. The van der Waals surface area contributed by atoms with Crippen LogP contribution in [0.15, 0.2) is 83.8 Å². The van der Waals surface area contributed by atoms with Crippen molar-refractivity contribution in [3.63, 3.8) is 0 Å². The van der Waals surface area contributed by atoms with Crippen molar-refractivity contribution < 1.29 is 9.59 Å². The van der Waals surface area contributed by atoms with E-state index in [0.29, 0.717) is 16.5 Å². The standard InChI is InChI=1S/C27H24N2O3/c1-3-19-13-14-24-21(15-19)27(32)22(26(31)20-10-5-4-6-11-20)16-29(24)17-25(30)28-23-12-8-7-9-18(23)2/h4-16H,3,17H2,1-2H3,(H,28,30). The number of carbonyl (C=O) groups is 2. The van der Waals surface area contributed by atoms with Crippen LogP contribution in [0.2, 0.25) is 0 Å². The number of hydrogen-bond acceptors (Lipinski definition) is 3. The lowest BCUT2D eigenvalue weighted by Crippen LogP contribution is -2.24. The first kappa shape index (κ1) is 21.2. The summed E-state index contributed by atoms with van der Waals surface area (Å²) in [4.78, 5) is 39.2. The van der Waals surface area contributed by atoms with Crippen molar-refractivity contribution in [3.05, 3.63) is 111 Å². The van der Waals surface area contributed by atoms with Gasteiger partial charge in [-0.2, -0.15) is 0 Å². The van der Waals surface area contributed by atoms with Crippen molar-refractivity contribution in [2.24, 2.45) is 0 Å². The van der Waals surface area contributed by atoms with Crippen molar-refractivity contribution in [2.45, 2.75) is 26.8 Å². The van der Waals surface area contributed by atoms with E-state index in [0.717, 1.165) is 23.2 Å². The number of amides is 1. The number of nitrogens with one attached hydrogen (secondary N) is 1. The molecular weight excluding hydrogens is 400 g/mol. The van der Waals surface area contributed by atoms with Crippen molar-refractivity contribution in [3.8, 4) is 0 Å². The number of nitrogens with zero attached hydrogens (tertiary/aromatic N) is 1. The fourth-order valence-corrected chi connectivity index (χ4v) is 3.76. The van der Waals surface area contributed by atoms with Crippen molar-refractivity contribution >= 4 is 28.3 Å². The van der Waals surface area contributed by atoms with Crippen LogP contribution in [0.1, 0.15) is 34.0 Å². The van der Waals surface area contributed by atoms with Gasteiger partial charge in [0, 0.05) is 22.8 Å². The summed E-state index contributed by atoms with van der Waals surface area (Å²) in [6.45, 7) is 3.91. The molecule has 5 heteroatoms. The molecule has 0 radical (unpaired) electrons. The van der Waals surface area contributed by atoms with Gasteiger partial charge in [-0.25, -0.2) is 0 Å². The summed E-state index contributed by atoms with van der Waals surface area (Å²) in [5.41, 5.74) is 3.48. The largest absolute Gasteiger partial charge is 0.337 e. The Labute approximate surface area is 186 Å². The van der Waals surface area contributed by atoms with Crippen LogP contribution in [0.25, 0.3) is 10.9 Å². The van der Waals surface area contributed by atoms with Crippen LogP contribution in [-0.2, 0) is 17.8 Å². The SMILES string of the molecule is CCc1ccc2c(c1)c(=O)c(C(=O)c1ccccc1)cn2CC(=O)Nc1ccccc1C. The minimum absolute atomic E-state index is 0.0222. The van der Waals surface area contributed by atoms with E-state index < -0.39 is 0 Å². The first-order valence-corrected chi connectivity index (χ1v) is 10.6. The molecule has 0 unspecified atom stereocenters. The Morgan fingerprint density at radius 2 is 1.66 bits per heavy atom. The highest BCUT2D eigenvalue weighted by atomic mass is 16.2. The van der Waals surface area contributed by atoms with Crippen LogP contribution in [0.5, 0.6) is 0 Å². The molecule has 3 aromatic carbocycles. The van der Waals surface area contributed by atoms with Gasteiger partial charge < -0.3 is 9.88 Å². The molecule has 0 saturated carbocycles. The third-order valence-electron chi connectivity index (χ3n) is 5.57. The maximum atomic E-state index is 13.3. The maximum absolute atomic E-state index is 13.3. The Morgan fingerprint density at radius 3 is 2.38 bits per heavy atom. The molecule has 5 nitrogen and oxygen atoms in total. The molecule has 32 heavy (non-hydrogen) atoms. The normalized spacial score (nSPS) is 10.8. The smallest absolute Gasteiger partial charge is 0.244 e. The highest BCUT2D eigenvalue weighted by Crippen LogP contribution is 2.18. The van der Waals surface area contributed by atoms with Crippen LogP contribution in [0.3, 0.4) is 0 Å². The zero-order valence-corrected chi connectivity index (χ0v) is 18.1. The van der Waals surface area contributed by atoms with E-state index in [1.54, 1.807) is 28.8 Å². The summed E-state index contributed by atoms with van der Waals surface area (Å²) >= 11 is 0. The Hall–Kier alpha value is -3.99. The molecular formula is C27H24N2O3. The Kier molecular flexibility index (Phi) is 5.99. The van der Waals surface area contributed by atoms with Crippen molar-refractivity contribution in [1.29, 1.82) is 0 Å². The van der Waals surface area contributed by atoms with Crippen molar-refractivity contribution in [2.75, 3.05) is 5.32 Å². The molecule has 1 heterocycles. The molecule has 0 aliphatic carbocycles. The number of anilines is 1. The van der Waals surface area contributed by atoms with E-state index in [1.165, 1.54) is 6.20 Å². The number of fused-ring (bicyclic) bond motifs is 1. The molecule has 1 amide bonds. The third kappa shape index (κ3) is 4.23. The number of aryl methyl sites for hydroxylation is 2. The van der Waals surface area contributed by atoms with E-state index in [1.807, 2.05) is 62.4 Å². The van der Waals surface area contributed by atoms with Crippen LogP contribution in [0, 0.1) is 6.92 Å². The summed E-state index contributed by atoms with van der Waals surface area (Å²) < 4.78 is 1.68. The summed E-state index contributed by atoms with van der Waals surface area (Å²) in [7, 11) is 0. The second-order valence-electron chi connectivity index (χ2n) is 7.76. The fraction of sp³-hybridized carbons (Fsp3) is 0.148. The zero-order chi connectivity index (χ0) is 22.7. The second-order valence-corrected chi connectivity index (χ2v) is 7.76. The van der Waals surface area contributed by atoms with Gasteiger partial charge in [-0.3, -0.25) is 14.4 Å². The van der Waals surface area contributed by atoms with Gasteiger partial charge in [-0.1, -0.05) is 61.5 Å². The van der Waals surface area contributed by atoms with Gasteiger partial charge in [0.1, 0.15) is 6.54 Å². The van der Waals surface area contributed by atoms with Gasteiger partial charge in [0.25, 0.3) is 0 Å². The predicted molar refractivity (Wildman–Crippen MR) is 127 cm³/mol. The molecule has 1 aromatic heterocycles. The van der Waals surface area contributed by atoms with Gasteiger partial charge >= 0.3 is 0 Å². The highest BCUT2D eigenvalue weighted by Gasteiger charge is 2.18. The van der Waals surface area contributed by atoms with E-state index in [-0.39, 0.29) is 29.2 Å². The molecule has 160 valence electrons. The first-order chi connectivity index (χ1) is 15.5. The lowest BCUT2D eigenvalue weighted by atomic mass is 10.0. The summed E-state index contributed by atoms with van der Waals surface area (Å²) in [6.07, 6.45) is 2.27. The number of ketones is 1. The van der Waals surface area contributed by atoms with Gasteiger partial charge in [-0.05, 0) is 42.7 Å². The number of para-hydroxylation sites is 1. The molecule has 4 aromatic rings. The van der Waals surface area contributed by atoms with Crippen LogP contribution in [0.4, 0.5) is 5.69 Å². The third-order valence-corrected chi connectivity index (χ3v) is 5.57.